The molecular weight excluding hydrogens is 359 g/mol. The summed E-state index contributed by atoms with van der Waals surface area (Å²) in [6, 6.07) is 0. The number of aliphatic hydroxyl groups excluding tert-OH is 2. The smallest absolute Gasteiger partial charge is 0.233 e. The molecule has 4 N–H and O–H groups in total. The van der Waals surface area contributed by atoms with Gasteiger partial charge in [0.2, 0.25) is 17.6 Å². The molecule has 2 rings (SSSR count). The fourth-order valence-electron chi connectivity index (χ4n) is 2.49. The SMILES string of the molecule is CNc1nc(NC(=O)C(C)C)nc2c1ncn2[C@](C)(F)[C@H](O)C(CO)OC. The lowest BCUT2D eigenvalue weighted by Gasteiger charge is -2.32. The summed E-state index contributed by atoms with van der Waals surface area (Å²) in [4.78, 5) is 24.4. The zero-order chi connectivity index (χ0) is 20.4. The van der Waals surface area contributed by atoms with Gasteiger partial charge in [-0.15, -0.1) is 0 Å². The Hall–Kier alpha value is -2.37. The summed E-state index contributed by atoms with van der Waals surface area (Å²) in [5, 5.41) is 25.0. The lowest BCUT2D eigenvalue weighted by molar-refractivity contribution is -0.135. The van der Waals surface area contributed by atoms with Gasteiger partial charge in [0.05, 0.1) is 12.9 Å². The second-order valence-corrected chi connectivity index (χ2v) is 6.50. The number of alkyl halides is 1. The van der Waals surface area contributed by atoms with Crippen molar-refractivity contribution in [2.45, 2.75) is 38.8 Å². The molecule has 2 aromatic rings. The predicted molar refractivity (Wildman–Crippen MR) is 97.0 cm³/mol. The van der Waals surface area contributed by atoms with E-state index in [1.165, 1.54) is 13.4 Å². The maximum atomic E-state index is 15.5. The molecule has 0 saturated carbocycles. The molecule has 2 heterocycles. The van der Waals surface area contributed by atoms with E-state index in [0.29, 0.717) is 0 Å². The van der Waals surface area contributed by atoms with Crippen molar-refractivity contribution in [2.24, 2.45) is 5.92 Å². The lowest BCUT2D eigenvalue weighted by atomic mass is 10.0. The summed E-state index contributed by atoms with van der Waals surface area (Å²) in [5.41, 5.74) is 0.319. The second kappa shape index (κ2) is 8.11. The maximum Gasteiger partial charge on any atom is 0.233 e. The van der Waals surface area contributed by atoms with Crippen LogP contribution in [0.1, 0.15) is 20.8 Å². The van der Waals surface area contributed by atoms with Crippen molar-refractivity contribution in [3.05, 3.63) is 6.33 Å². The predicted octanol–water partition coefficient (Wildman–Crippen LogP) is 0.473. The van der Waals surface area contributed by atoms with E-state index in [1.807, 2.05) is 0 Å². The summed E-state index contributed by atoms with van der Waals surface area (Å²) in [7, 11) is 2.86. The number of fused-ring (bicyclic) bond motifs is 1. The van der Waals surface area contributed by atoms with Crippen molar-refractivity contribution in [3.8, 4) is 0 Å². The van der Waals surface area contributed by atoms with Crippen LogP contribution in [-0.2, 0) is 15.3 Å². The van der Waals surface area contributed by atoms with Gasteiger partial charge >= 0.3 is 0 Å². The van der Waals surface area contributed by atoms with Gasteiger partial charge in [0.25, 0.3) is 0 Å². The molecule has 2 aromatic heterocycles. The van der Waals surface area contributed by atoms with E-state index in [-0.39, 0.29) is 34.8 Å². The molecule has 0 spiro atoms. The van der Waals surface area contributed by atoms with Crippen molar-refractivity contribution >= 4 is 28.8 Å². The van der Waals surface area contributed by atoms with Gasteiger partial charge in [-0.25, -0.2) is 9.37 Å². The van der Waals surface area contributed by atoms with Crippen LogP contribution in [0.5, 0.6) is 0 Å². The van der Waals surface area contributed by atoms with Crippen LogP contribution in [0.2, 0.25) is 0 Å². The van der Waals surface area contributed by atoms with Crippen molar-refractivity contribution in [2.75, 3.05) is 31.4 Å². The van der Waals surface area contributed by atoms with Gasteiger partial charge in [-0.2, -0.15) is 9.97 Å². The van der Waals surface area contributed by atoms with Gasteiger partial charge in [0.15, 0.2) is 17.0 Å². The molecule has 10 nitrogen and oxygen atoms in total. The normalized spacial score (nSPS) is 16.2. The average Bonchev–Trinajstić information content (AvgIpc) is 3.06. The van der Waals surface area contributed by atoms with E-state index < -0.39 is 24.6 Å². The number of methoxy groups -OCH3 is 1. The van der Waals surface area contributed by atoms with Crippen molar-refractivity contribution in [1.29, 1.82) is 0 Å². The number of imidazole rings is 1. The molecule has 0 radical (unpaired) electrons. The summed E-state index contributed by atoms with van der Waals surface area (Å²) in [5.74, 6) is -2.74. The molecule has 0 bridgehead atoms. The summed E-state index contributed by atoms with van der Waals surface area (Å²) in [6.07, 6.45) is -1.68. The van der Waals surface area contributed by atoms with Crippen molar-refractivity contribution in [1.82, 2.24) is 19.5 Å². The Morgan fingerprint density at radius 1 is 1.44 bits per heavy atom. The van der Waals surface area contributed by atoms with Gasteiger partial charge in [-0.3, -0.25) is 14.7 Å². The van der Waals surface area contributed by atoms with Crippen LogP contribution in [0.3, 0.4) is 0 Å². The van der Waals surface area contributed by atoms with E-state index in [9.17, 15) is 15.0 Å². The largest absolute Gasteiger partial charge is 0.394 e. The molecule has 0 aliphatic carbocycles. The number of carbonyl (C=O) groups excluding carboxylic acids is 1. The zero-order valence-corrected chi connectivity index (χ0v) is 15.9. The Morgan fingerprint density at radius 2 is 2.11 bits per heavy atom. The van der Waals surface area contributed by atoms with Crippen LogP contribution in [0.4, 0.5) is 16.2 Å². The summed E-state index contributed by atoms with van der Waals surface area (Å²) < 4.78 is 21.4. The number of hydrogen-bond acceptors (Lipinski definition) is 8. The number of hydrogen-bond donors (Lipinski definition) is 4. The minimum Gasteiger partial charge on any atom is -0.394 e. The number of carbonyl (C=O) groups is 1. The molecule has 3 atom stereocenters. The third-order valence-electron chi connectivity index (χ3n) is 4.24. The molecule has 0 aliphatic rings. The highest BCUT2D eigenvalue weighted by Gasteiger charge is 2.42. The molecular formula is C16H25FN6O4. The zero-order valence-electron chi connectivity index (χ0n) is 15.9. The third kappa shape index (κ3) is 3.99. The van der Waals surface area contributed by atoms with E-state index in [0.717, 1.165) is 11.5 Å². The fraction of sp³-hybridized carbons (Fsp3) is 0.625. The summed E-state index contributed by atoms with van der Waals surface area (Å²) in [6.45, 7) is 3.97. The monoisotopic (exact) mass is 384 g/mol. The van der Waals surface area contributed by atoms with Crippen LogP contribution in [0.25, 0.3) is 11.2 Å². The number of nitrogens with zero attached hydrogens (tertiary/aromatic N) is 4. The first-order valence-electron chi connectivity index (χ1n) is 8.42. The molecule has 1 unspecified atom stereocenters. The van der Waals surface area contributed by atoms with Crippen LogP contribution in [0.15, 0.2) is 6.33 Å². The van der Waals surface area contributed by atoms with E-state index in [4.69, 9.17) is 4.74 Å². The number of halogens is 1. The number of aromatic nitrogens is 4. The molecule has 11 heteroatoms. The Kier molecular flexibility index (Phi) is 6.29. The number of rotatable bonds is 8. The molecule has 0 aromatic carbocycles. The Bertz CT molecular complexity index is 806. The van der Waals surface area contributed by atoms with Crippen LogP contribution >= 0.6 is 0 Å². The lowest BCUT2D eigenvalue weighted by Crippen LogP contribution is -2.47. The molecule has 0 fully saturated rings. The molecule has 0 aliphatic heterocycles. The van der Waals surface area contributed by atoms with Gasteiger partial charge in [0, 0.05) is 20.1 Å². The quantitative estimate of drug-likeness (QED) is 0.516. The average molecular weight is 384 g/mol. The van der Waals surface area contributed by atoms with Crippen molar-refractivity contribution in [3.63, 3.8) is 0 Å². The Labute approximate surface area is 155 Å². The summed E-state index contributed by atoms with van der Waals surface area (Å²) >= 11 is 0. The Morgan fingerprint density at radius 3 is 2.63 bits per heavy atom. The van der Waals surface area contributed by atoms with Crippen LogP contribution in [-0.4, -0.2) is 68.6 Å². The van der Waals surface area contributed by atoms with E-state index >= 15 is 4.39 Å². The first-order valence-corrected chi connectivity index (χ1v) is 8.42. The number of aliphatic hydroxyl groups is 2. The highest BCUT2D eigenvalue weighted by atomic mass is 19.1. The maximum absolute atomic E-state index is 15.5. The highest BCUT2D eigenvalue weighted by Crippen LogP contribution is 2.31. The topological polar surface area (TPSA) is 134 Å². The van der Waals surface area contributed by atoms with Crippen molar-refractivity contribution < 1.29 is 24.1 Å². The molecule has 0 saturated heterocycles. The molecule has 1 amide bonds. The minimum atomic E-state index is -2.41. The van der Waals surface area contributed by atoms with E-state index in [1.54, 1.807) is 20.9 Å². The number of nitrogens with one attached hydrogen (secondary N) is 2. The molecule has 27 heavy (non-hydrogen) atoms. The minimum absolute atomic E-state index is 0.0250. The van der Waals surface area contributed by atoms with Gasteiger partial charge in [-0.1, -0.05) is 13.8 Å². The van der Waals surface area contributed by atoms with Gasteiger partial charge < -0.3 is 20.3 Å². The Balaban J connectivity index is 2.56. The fourth-order valence-corrected chi connectivity index (χ4v) is 2.49. The molecule has 150 valence electrons. The number of ether oxygens (including phenoxy) is 1. The van der Waals surface area contributed by atoms with Crippen LogP contribution in [0, 0.1) is 5.92 Å². The second-order valence-electron chi connectivity index (χ2n) is 6.50. The first-order chi connectivity index (χ1) is 12.7. The van der Waals surface area contributed by atoms with E-state index in [2.05, 4.69) is 25.6 Å². The highest BCUT2D eigenvalue weighted by molar-refractivity contribution is 5.92. The number of anilines is 2. The van der Waals surface area contributed by atoms with Gasteiger partial charge in [0.1, 0.15) is 12.2 Å². The van der Waals surface area contributed by atoms with Gasteiger partial charge in [-0.05, 0) is 6.92 Å². The number of amides is 1. The van der Waals surface area contributed by atoms with Crippen LogP contribution < -0.4 is 10.6 Å². The standard InChI is InChI=1S/C16H25FN6O4/c1-8(2)14(26)22-15-20-12(18-4)10-13(21-15)23(7-19-10)16(3,17)11(25)9(6-24)27-5/h7-9,11,24-25H,6H2,1-5H3,(H2,18,20,21,22,26)/t9?,11-,16+/m1/s1. The third-order valence-corrected chi connectivity index (χ3v) is 4.24. The first kappa shape index (κ1) is 20.9.